The second kappa shape index (κ2) is 15.3. The van der Waals surface area contributed by atoms with Crippen LogP contribution in [0.1, 0.15) is 49.2 Å². The molecular weight excluding hydrogens is 540 g/mol. The maximum atomic E-state index is 11.7. The minimum absolute atomic E-state index is 0.217. The van der Waals surface area contributed by atoms with Gasteiger partial charge in [0.15, 0.2) is 0 Å². The van der Waals surface area contributed by atoms with Crippen LogP contribution in [0.15, 0.2) is 72.1 Å². The third-order valence-electron chi connectivity index (χ3n) is 7.11. The van der Waals surface area contributed by atoms with Crippen LogP contribution in [-0.2, 0) is 22.3 Å². The minimum Gasteiger partial charge on any atom is -0.454 e. The van der Waals surface area contributed by atoms with E-state index in [2.05, 4.69) is 56.5 Å². The number of amides is 1. The molecule has 0 atom stereocenters. The summed E-state index contributed by atoms with van der Waals surface area (Å²) in [5.41, 5.74) is 9.73. The number of nitrogens with zero attached hydrogens (tertiary/aromatic N) is 3. The number of hydrogen-bond acceptors (Lipinski definition) is 7. The van der Waals surface area contributed by atoms with Crippen molar-refractivity contribution in [2.75, 3.05) is 39.4 Å². The Balaban J connectivity index is 0.000000162. The van der Waals surface area contributed by atoms with Crippen molar-refractivity contribution in [3.8, 4) is 0 Å². The third-order valence-corrected chi connectivity index (χ3v) is 7.22. The summed E-state index contributed by atoms with van der Waals surface area (Å²) in [7, 11) is 0. The first-order chi connectivity index (χ1) is 20.0. The molecule has 0 radical (unpaired) electrons. The van der Waals surface area contributed by atoms with Crippen LogP contribution < -0.4 is 5.32 Å². The van der Waals surface area contributed by atoms with Crippen molar-refractivity contribution in [1.29, 1.82) is 0 Å². The predicted octanol–water partition coefficient (Wildman–Crippen LogP) is 6.13. The number of carbonyl (C=O) groups is 2. The first-order valence-corrected chi connectivity index (χ1v) is 14.5. The van der Waals surface area contributed by atoms with Gasteiger partial charge in [0.05, 0.1) is 24.6 Å². The number of ether oxygens (including phenoxy) is 2. The van der Waals surface area contributed by atoms with Crippen LogP contribution in [-0.4, -0.2) is 65.8 Å². The molecule has 0 spiro atoms. The second-order valence-electron chi connectivity index (χ2n) is 9.62. The number of carbonyl (C=O) groups excluding carboxylic acids is 2. The van der Waals surface area contributed by atoms with Crippen LogP contribution >= 0.6 is 11.6 Å². The topological polar surface area (TPSA) is 93.7 Å². The molecule has 4 aliphatic rings. The Morgan fingerprint density at radius 2 is 1.49 bits per heavy atom. The summed E-state index contributed by atoms with van der Waals surface area (Å²) in [6.45, 7) is 7.74. The van der Waals surface area contributed by atoms with E-state index in [0.717, 1.165) is 51.0 Å². The van der Waals surface area contributed by atoms with E-state index < -0.39 is 5.43 Å². The van der Waals surface area contributed by atoms with Crippen LogP contribution in [0.25, 0.3) is 11.1 Å². The number of hydrogen-bond donors (Lipinski definition) is 1. The Morgan fingerprint density at radius 3 is 1.95 bits per heavy atom. The lowest BCUT2D eigenvalue weighted by Gasteiger charge is -2.26. The number of halogens is 1. The zero-order chi connectivity index (χ0) is 29.0. The molecule has 8 nitrogen and oxygen atoms in total. The number of nitrogens with one attached hydrogen (secondary N) is 1. The van der Waals surface area contributed by atoms with E-state index in [9.17, 15) is 9.59 Å². The Morgan fingerprint density at radius 1 is 0.878 bits per heavy atom. The van der Waals surface area contributed by atoms with Gasteiger partial charge < -0.3 is 19.7 Å². The number of allylic oxidation sites excluding steroid dienone is 4. The van der Waals surface area contributed by atoms with E-state index in [-0.39, 0.29) is 6.09 Å². The highest BCUT2D eigenvalue weighted by molar-refractivity contribution is 6.61. The highest BCUT2D eigenvalue weighted by atomic mass is 35.5. The highest BCUT2D eigenvalue weighted by Crippen LogP contribution is 2.35. The lowest BCUT2D eigenvalue weighted by Crippen LogP contribution is -2.35. The Hall–Kier alpha value is -3.75. The van der Waals surface area contributed by atoms with Gasteiger partial charge in [0, 0.05) is 67.6 Å². The van der Waals surface area contributed by atoms with E-state index >= 15 is 0 Å². The normalized spacial score (nSPS) is 16.7. The van der Waals surface area contributed by atoms with Crippen molar-refractivity contribution in [3.63, 3.8) is 0 Å². The molecule has 2 aromatic heterocycles. The molecule has 4 heterocycles. The molecule has 2 aromatic rings. The summed E-state index contributed by atoms with van der Waals surface area (Å²) in [4.78, 5) is 31.8. The number of aromatic nitrogens is 2. The van der Waals surface area contributed by atoms with Crippen molar-refractivity contribution in [3.05, 3.63) is 94.6 Å². The molecule has 1 N–H and O–H groups in total. The lowest BCUT2D eigenvalue weighted by molar-refractivity contribution is 0.110. The summed E-state index contributed by atoms with van der Waals surface area (Å²) in [6, 6.07) is 8.32. The van der Waals surface area contributed by atoms with Gasteiger partial charge in [0.1, 0.15) is 0 Å². The average Bonchev–Trinajstić information content (AvgIpc) is 3.63. The van der Waals surface area contributed by atoms with Crippen LogP contribution in [0, 0.1) is 0 Å². The van der Waals surface area contributed by atoms with Gasteiger partial charge in [-0.1, -0.05) is 36.4 Å². The van der Waals surface area contributed by atoms with Crippen molar-refractivity contribution in [1.82, 2.24) is 20.2 Å². The smallest absolute Gasteiger partial charge is 0.410 e. The van der Waals surface area contributed by atoms with E-state index in [1.807, 2.05) is 31.5 Å². The molecule has 6 rings (SSSR count). The van der Waals surface area contributed by atoms with Gasteiger partial charge >= 0.3 is 11.5 Å². The molecule has 0 aromatic carbocycles. The van der Waals surface area contributed by atoms with Gasteiger partial charge in [-0.25, -0.2) is 9.59 Å². The molecule has 0 bridgehead atoms. The van der Waals surface area contributed by atoms with Gasteiger partial charge in [-0.05, 0) is 67.7 Å². The van der Waals surface area contributed by atoms with E-state index in [0.29, 0.717) is 19.8 Å². The monoisotopic (exact) mass is 576 g/mol. The largest absolute Gasteiger partial charge is 0.454 e. The summed E-state index contributed by atoms with van der Waals surface area (Å²) in [5.74, 6) is 0. The van der Waals surface area contributed by atoms with E-state index in [1.165, 1.54) is 39.1 Å². The van der Waals surface area contributed by atoms with Gasteiger partial charge in [-0.2, -0.15) is 0 Å². The quantitative estimate of drug-likeness (QED) is 0.437. The highest BCUT2D eigenvalue weighted by Gasteiger charge is 2.23. The fourth-order valence-corrected chi connectivity index (χ4v) is 5.30. The molecule has 2 aliphatic heterocycles. The minimum atomic E-state index is -0.738. The fraction of sp³-hybridized carbons (Fsp3) is 0.375. The second-order valence-corrected chi connectivity index (χ2v) is 9.93. The summed E-state index contributed by atoms with van der Waals surface area (Å²) >= 11 is 4.72. The van der Waals surface area contributed by atoms with Gasteiger partial charge in [0.25, 0.3) is 0 Å². The first-order valence-electron chi connectivity index (χ1n) is 14.1. The van der Waals surface area contributed by atoms with Gasteiger partial charge in [-0.15, -0.1) is 0 Å². The Labute approximate surface area is 246 Å². The van der Waals surface area contributed by atoms with E-state index in [1.54, 1.807) is 11.8 Å². The van der Waals surface area contributed by atoms with Gasteiger partial charge in [-0.3, -0.25) is 9.97 Å². The third kappa shape index (κ3) is 8.15. The molecule has 41 heavy (non-hydrogen) atoms. The standard InChI is InChI=1S/C16H18N2O2.C13H14N2.C3H5ClO2/c1-2-20-16(19)18-10-7-12(8-11-18)13-5-6-15-14(13)4-3-9-17-15;1-2-12-11(3-4-13(12)15-7-1)10-5-8-14-9-6-10;1-2-6-3(4)5/h3-5,7,9H,2,6,8,10-11H2,1H3;1-3,5,7,14H,4,6,8-9H2;2H2,1H3. The molecule has 1 amide bonds. The molecule has 0 saturated carbocycles. The molecule has 2 aliphatic carbocycles. The molecular formula is C32H37ClN4O4. The van der Waals surface area contributed by atoms with Crippen LogP contribution in [0.4, 0.5) is 9.59 Å². The van der Waals surface area contributed by atoms with Crippen molar-refractivity contribution in [2.45, 2.75) is 39.5 Å². The van der Waals surface area contributed by atoms with Crippen molar-refractivity contribution >= 4 is 34.3 Å². The maximum Gasteiger partial charge on any atom is 0.410 e. The molecule has 0 fully saturated rings. The Kier molecular flexibility index (Phi) is 11.3. The lowest BCUT2D eigenvalue weighted by atomic mass is 9.96. The first kappa shape index (κ1) is 30.2. The van der Waals surface area contributed by atoms with Crippen LogP contribution in [0.3, 0.4) is 0 Å². The number of pyridine rings is 2. The zero-order valence-corrected chi connectivity index (χ0v) is 24.5. The zero-order valence-electron chi connectivity index (χ0n) is 23.7. The van der Waals surface area contributed by atoms with Crippen LogP contribution in [0.5, 0.6) is 0 Å². The fourth-order valence-electron chi connectivity index (χ4n) is 5.19. The van der Waals surface area contributed by atoms with Gasteiger partial charge in [0.2, 0.25) is 0 Å². The molecule has 216 valence electrons. The number of rotatable bonds is 4. The predicted molar refractivity (Wildman–Crippen MR) is 162 cm³/mol. The molecule has 0 saturated heterocycles. The SMILES string of the molecule is C1=C(C2=CCc3ncccc32)CCNC1.CCOC(=O)Cl.CCOC(=O)N1CC=C(C2=CCc3ncccc32)CC1. The van der Waals surface area contributed by atoms with Crippen LogP contribution in [0.2, 0.25) is 0 Å². The molecule has 0 unspecified atom stereocenters. The van der Waals surface area contributed by atoms with Crippen molar-refractivity contribution in [2.24, 2.45) is 0 Å². The molecule has 9 heteroatoms. The van der Waals surface area contributed by atoms with Crippen molar-refractivity contribution < 1.29 is 19.1 Å². The average molecular weight is 577 g/mol. The summed E-state index contributed by atoms with van der Waals surface area (Å²) in [6.07, 6.45) is 16.4. The van der Waals surface area contributed by atoms with E-state index in [4.69, 9.17) is 16.3 Å². The maximum absolute atomic E-state index is 11.7. The number of fused-ring (bicyclic) bond motifs is 2. The summed E-state index contributed by atoms with van der Waals surface area (Å²) < 4.78 is 9.20. The Bertz CT molecular complexity index is 1360. The summed E-state index contributed by atoms with van der Waals surface area (Å²) in [5, 5.41) is 3.34.